The molecule has 2 aliphatic rings. The lowest BCUT2D eigenvalue weighted by Gasteiger charge is -2.36. The summed E-state index contributed by atoms with van der Waals surface area (Å²) < 4.78 is 25.8. The second-order valence-electron chi connectivity index (χ2n) is 15.9. The molecule has 2 atom stereocenters. The molecule has 0 saturated heterocycles. The molecule has 12 heteroatoms. The van der Waals surface area contributed by atoms with Crippen LogP contribution in [0.3, 0.4) is 0 Å². The van der Waals surface area contributed by atoms with Crippen molar-refractivity contribution in [3.05, 3.63) is 113 Å². The van der Waals surface area contributed by atoms with Gasteiger partial charge >= 0.3 is 11.9 Å². The maximum absolute atomic E-state index is 12.2. The first-order chi connectivity index (χ1) is 28.7. The summed E-state index contributed by atoms with van der Waals surface area (Å²) in [5.41, 5.74) is 4.36. The predicted molar refractivity (Wildman–Crippen MR) is 258 cm³/mol. The number of carbonyl (C=O) groups excluding carboxylic acids is 2. The lowest BCUT2D eigenvalue weighted by molar-refractivity contribution is -0.154. The Bertz CT molecular complexity index is 1860. The Balaban J connectivity index is 0.000000336. The zero-order chi connectivity index (χ0) is 44.1. The van der Waals surface area contributed by atoms with Crippen LogP contribution < -0.4 is 5.32 Å². The number of hydrogen-bond acceptors (Lipinski definition) is 8. The van der Waals surface area contributed by atoms with Gasteiger partial charge in [0.2, 0.25) is 0 Å². The molecule has 2 unspecified atom stereocenters. The van der Waals surface area contributed by atoms with Gasteiger partial charge in [-0.25, -0.2) is 0 Å². The van der Waals surface area contributed by atoms with E-state index in [0.717, 1.165) is 86.7 Å². The van der Waals surface area contributed by atoms with Crippen molar-refractivity contribution in [3.63, 3.8) is 0 Å². The third-order valence-corrected chi connectivity index (χ3v) is 14.3. The van der Waals surface area contributed by atoms with Gasteiger partial charge in [0.1, 0.15) is 0 Å². The number of halogens is 4. The molecule has 6 nitrogen and oxygen atoms in total. The summed E-state index contributed by atoms with van der Waals surface area (Å²) in [4.78, 5) is 29.9. The van der Waals surface area contributed by atoms with Crippen molar-refractivity contribution in [3.8, 4) is 0 Å². The highest BCUT2D eigenvalue weighted by Crippen LogP contribution is 2.38. The Labute approximate surface area is 388 Å². The fourth-order valence-electron chi connectivity index (χ4n) is 7.19. The third kappa shape index (κ3) is 16.8. The van der Waals surface area contributed by atoms with Crippen LogP contribution in [0.1, 0.15) is 132 Å². The maximum Gasteiger partial charge on any atom is 0.311 e. The van der Waals surface area contributed by atoms with Gasteiger partial charge in [-0.3, -0.25) is 18.9 Å². The molecule has 4 heterocycles. The topological polar surface area (TPSA) is 67.9 Å². The minimum Gasteiger partial charge on any atom is -0.466 e. The van der Waals surface area contributed by atoms with Gasteiger partial charge in [0.25, 0.3) is 0 Å². The van der Waals surface area contributed by atoms with Crippen molar-refractivity contribution in [1.29, 1.82) is 0 Å². The smallest absolute Gasteiger partial charge is 0.311 e. The first-order valence-electron chi connectivity index (χ1n) is 21.3. The largest absolute Gasteiger partial charge is 0.466 e. The van der Waals surface area contributed by atoms with Gasteiger partial charge in [-0.05, 0) is 137 Å². The van der Waals surface area contributed by atoms with Gasteiger partial charge in [0, 0.05) is 56.8 Å². The number of nitrogens with one attached hydrogen (secondary N) is 1. The van der Waals surface area contributed by atoms with E-state index in [9.17, 15) is 14.0 Å². The zero-order valence-corrected chi connectivity index (χ0v) is 40.3. The summed E-state index contributed by atoms with van der Waals surface area (Å²) in [6, 6.07) is 20.7. The summed E-state index contributed by atoms with van der Waals surface area (Å²) in [5, 5.41) is 9.31. The average molecular weight is 972 g/mol. The van der Waals surface area contributed by atoms with E-state index in [2.05, 4.69) is 61.2 Å². The molecule has 2 aliphatic heterocycles. The molecule has 6 rings (SSSR count). The number of hydrogen-bond donors (Lipinski definition) is 1. The Kier molecular flexibility index (Phi) is 24.0. The van der Waals surface area contributed by atoms with Crippen LogP contribution >= 0.6 is 61.8 Å². The number of thiophene rings is 2. The lowest BCUT2D eigenvalue weighted by atomic mass is 9.85. The van der Waals surface area contributed by atoms with Crippen molar-refractivity contribution < 1.29 is 24.8 Å². The number of benzene rings is 2. The molecular formula is C48H68BrCl2FN2O4S2. The van der Waals surface area contributed by atoms with Gasteiger partial charge in [0.15, 0.2) is 0 Å². The number of ether oxygens (including phenoxy) is 2. The van der Waals surface area contributed by atoms with Crippen LogP contribution in [0.15, 0.2) is 71.4 Å². The molecular weight excluding hydrogens is 902 g/mol. The minimum absolute atomic E-state index is 0. The van der Waals surface area contributed by atoms with E-state index in [4.69, 9.17) is 34.0 Å². The summed E-state index contributed by atoms with van der Waals surface area (Å²) >= 11 is 20.2. The molecule has 334 valence electrons. The molecule has 0 radical (unpaired) electrons. The van der Waals surface area contributed by atoms with Crippen LogP contribution in [0.25, 0.3) is 0 Å². The molecule has 0 saturated carbocycles. The van der Waals surface area contributed by atoms with E-state index in [1.807, 2.05) is 101 Å². The molecule has 2 aromatic heterocycles. The number of carbonyl (C=O) groups is 2. The van der Waals surface area contributed by atoms with Crippen molar-refractivity contribution in [2.45, 2.75) is 124 Å². The Morgan fingerprint density at radius 3 is 1.87 bits per heavy atom. The van der Waals surface area contributed by atoms with E-state index >= 15 is 0 Å². The highest BCUT2D eigenvalue weighted by molar-refractivity contribution is 9.09. The predicted octanol–water partition coefficient (Wildman–Crippen LogP) is 14.4. The number of fused-ring (bicyclic) bond motifs is 2. The van der Waals surface area contributed by atoms with Crippen LogP contribution in [-0.4, -0.2) is 50.3 Å². The molecule has 0 spiro atoms. The lowest BCUT2D eigenvalue weighted by Crippen LogP contribution is -2.34. The standard InChI is InChI=1S/C23H30ClNO2S.C16H22BrClO2.C7H9NS.CH3F.CH4/c1-4-27-22(26)23(2,3)13-7-10-20(18-8-5-6-9-19(18)24)25-14-11-21-17(16-25)12-15-28-21;1-4-20-15(19)16(2,3)11-7-9-13(17)12-8-5-6-10-14(12)18;1-3-8-5-6-2-4-9-7(1)6;1-2;/h5-6,8-9,12,15,20H,4,7,10-11,13-14,16H2,1-3H3;5-6,8,10,13H,4,7,9,11H2,1-3H3;2,4,8H,1,3,5H2;1H3;1H4/i;;;1D;. The van der Waals surface area contributed by atoms with Gasteiger partial charge in [-0.1, -0.05) is 95.8 Å². The molecule has 0 bridgehead atoms. The molecule has 0 amide bonds. The second-order valence-corrected chi connectivity index (χ2v) is 19.8. The van der Waals surface area contributed by atoms with Gasteiger partial charge in [-0.2, -0.15) is 0 Å². The van der Waals surface area contributed by atoms with Crippen LogP contribution in [0, 0.1) is 10.8 Å². The zero-order valence-electron chi connectivity index (χ0n) is 36.6. The fraction of sp³-hybridized carbons (Fsp3) is 0.542. The van der Waals surface area contributed by atoms with Crippen molar-refractivity contribution >= 4 is 73.7 Å². The Morgan fingerprint density at radius 1 is 0.833 bits per heavy atom. The molecule has 2 aromatic carbocycles. The minimum atomic E-state index is -1.00. The molecule has 60 heavy (non-hydrogen) atoms. The number of rotatable bonds is 15. The van der Waals surface area contributed by atoms with Crippen LogP contribution in [0.2, 0.25) is 10.0 Å². The number of nitrogens with zero attached hydrogens (tertiary/aromatic N) is 1. The van der Waals surface area contributed by atoms with Crippen LogP contribution in [-0.2, 0) is 45.0 Å². The number of alkyl halides is 2. The van der Waals surface area contributed by atoms with E-state index in [-0.39, 0.29) is 30.2 Å². The summed E-state index contributed by atoms with van der Waals surface area (Å²) in [7, 11) is -1.00. The van der Waals surface area contributed by atoms with Crippen molar-refractivity contribution in [1.82, 2.24) is 10.2 Å². The van der Waals surface area contributed by atoms with E-state index in [0.29, 0.717) is 13.2 Å². The first kappa shape index (κ1) is 52.0. The highest BCUT2D eigenvalue weighted by Gasteiger charge is 2.32. The van der Waals surface area contributed by atoms with Crippen molar-refractivity contribution in [2.75, 3.05) is 33.5 Å². The van der Waals surface area contributed by atoms with Gasteiger partial charge in [0.05, 0.1) is 32.6 Å². The first-order valence-corrected chi connectivity index (χ1v) is 24.0. The second kappa shape index (κ2) is 27.7. The monoisotopic (exact) mass is 969 g/mol. The van der Waals surface area contributed by atoms with Crippen LogP contribution in [0.5, 0.6) is 0 Å². The van der Waals surface area contributed by atoms with E-state index in [1.165, 1.54) is 28.0 Å². The number of esters is 2. The van der Waals surface area contributed by atoms with Crippen molar-refractivity contribution in [2.24, 2.45) is 10.8 Å². The third-order valence-electron chi connectivity index (χ3n) is 10.7. The van der Waals surface area contributed by atoms with Gasteiger partial charge < -0.3 is 14.8 Å². The summed E-state index contributed by atoms with van der Waals surface area (Å²) in [5.74, 6) is -0.228. The summed E-state index contributed by atoms with van der Waals surface area (Å²) in [6.07, 6.45) is 7.75. The van der Waals surface area contributed by atoms with E-state index < -0.39 is 18.0 Å². The fourth-order valence-corrected chi connectivity index (χ4v) is 10.4. The summed E-state index contributed by atoms with van der Waals surface area (Å²) in [6.45, 7) is 16.6. The highest BCUT2D eigenvalue weighted by atomic mass is 79.9. The molecule has 4 aromatic rings. The average Bonchev–Trinajstić information content (AvgIpc) is 3.91. The SMILES string of the molecule is C.CCOC(=O)C(C)(C)CCCC(Br)c1ccccc1Cl.CCOC(=O)C(C)(C)CCCC(c1ccccc1Cl)N1CCc2sccc2C1.[2H]CF.c1cc2c(s1)CCNC2. The maximum atomic E-state index is 12.2. The van der Waals surface area contributed by atoms with E-state index in [1.54, 1.807) is 4.88 Å². The Morgan fingerprint density at radius 2 is 1.33 bits per heavy atom. The van der Waals surface area contributed by atoms with Gasteiger partial charge in [-0.15, -0.1) is 22.7 Å². The Hall–Kier alpha value is -2.31. The normalized spacial score (nSPS) is 14.7. The quantitative estimate of drug-likeness (QED) is 0.0946. The van der Waals surface area contributed by atoms with Crippen LogP contribution in [0.4, 0.5) is 4.39 Å². The molecule has 1 N–H and O–H groups in total. The molecule has 0 aliphatic carbocycles. The molecule has 0 fully saturated rings.